The van der Waals surface area contributed by atoms with Crippen molar-refractivity contribution < 1.29 is 9.53 Å². The van der Waals surface area contributed by atoms with Gasteiger partial charge in [0.15, 0.2) is 0 Å². The number of hydrogen-bond donors (Lipinski definition) is 0. The molecule has 0 saturated heterocycles. The Morgan fingerprint density at radius 2 is 0.705 bits per heavy atom. The Kier molecular flexibility index (Phi) is 50.9. The molecule has 0 saturated carbocycles. The second-order valence-corrected chi connectivity index (χ2v) is 21.7. The second kappa shape index (κ2) is 50.9. The van der Waals surface area contributed by atoms with E-state index in [9.17, 15) is 4.79 Å². The Labute approximate surface area is 395 Å². The van der Waals surface area contributed by atoms with Crippen LogP contribution in [0, 0.1) is 17.8 Å². The average molecular weight is 924 g/mol. The number of ether oxygens (including phenoxy) is 1. The fourth-order valence-electron chi connectivity index (χ4n) is 9.74. The van der Waals surface area contributed by atoms with Crippen LogP contribution in [0.4, 0.5) is 0 Å². The third kappa shape index (κ3) is 49.2. The number of hydrogen-bond acceptors (Lipinski definition) is 2. The van der Waals surface area contributed by atoms with Crippen molar-refractivity contribution in [3.05, 3.63) is 0 Å². The molecule has 366 valence electrons. The highest BCUT2D eigenvalue weighted by atomic mass is 79.9. The van der Waals surface area contributed by atoms with Crippen molar-refractivity contribution >= 4 is 21.9 Å². The molecular formula is C58H115BrO2. The van der Waals surface area contributed by atoms with E-state index in [1.165, 1.54) is 263 Å². The SMILES string of the molecule is CCCCCCCCCCCCCCCCCCC(CCCCCCCCCCCCCCCCCC)CCCCC(CCC(C)CCCC(C)C)OC(=O)CCCCCBr. The van der Waals surface area contributed by atoms with Crippen molar-refractivity contribution in [3.63, 3.8) is 0 Å². The number of halogens is 1. The molecule has 3 heteroatoms. The molecule has 0 bridgehead atoms. The fraction of sp³-hybridized carbons (Fsp3) is 0.983. The van der Waals surface area contributed by atoms with Crippen LogP contribution in [0.1, 0.15) is 336 Å². The summed E-state index contributed by atoms with van der Waals surface area (Å²) in [6, 6.07) is 0. The molecule has 61 heavy (non-hydrogen) atoms. The summed E-state index contributed by atoms with van der Waals surface area (Å²) in [6.07, 6.45) is 64.4. The Hall–Kier alpha value is -0.0500. The van der Waals surface area contributed by atoms with Crippen LogP contribution in [0.3, 0.4) is 0 Å². The van der Waals surface area contributed by atoms with Gasteiger partial charge in [-0.1, -0.05) is 307 Å². The largest absolute Gasteiger partial charge is 0.462 e. The van der Waals surface area contributed by atoms with Gasteiger partial charge in [0.05, 0.1) is 0 Å². The first-order valence-electron chi connectivity index (χ1n) is 28.7. The number of carbonyl (C=O) groups excluding carboxylic acids is 1. The molecule has 0 aliphatic carbocycles. The van der Waals surface area contributed by atoms with Crippen LogP contribution in [0.25, 0.3) is 0 Å². The minimum atomic E-state index is 0.0527. The van der Waals surface area contributed by atoms with Crippen LogP contribution in [0.15, 0.2) is 0 Å². The summed E-state index contributed by atoms with van der Waals surface area (Å²) in [7, 11) is 0. The van der Waals surface area contributed by atoms with Crippen LogP contribution in [-0.2, 0) is 9.53 Å². The van der Waals surface area contributed by atoms with Crippen LogP contribution in [-0.4, -0.2) is 17.4 Å². The number of alkyl halides is 1. The van der Waals surface area contributed by atoms with E-state index in [4.69, 9.17) is 4.74 Å². The molecule has 0 amide bonds. The molecule has 0 N–H and O–H groups in total. The Bertz CT molecular complexity index is 791. The topological polar surface area (TPSA) is 26.3 Å². The number of unbranched alkanes of at least 4 members (excludes halogenated alkanes) is 33. The zero-order valence-electron chi connectivity index (χ0n) is 42.9. The first-order chi connectivity index (χ1) is 29.9. The highest BCUT2D eigenvalue weighted by Crippen LogP contribution is 2.27. The van der Waals surface area contributed by atoms with Gasteiger partial charge in [-0.3, -0.25) is 4.79 Å². The lowest BCUT2D eigenvalue weighted by atomic mass is 9.89. The van der Waals surface area contributed by atoms with Crippen molar-refractivity contribution in [1.82, 2.24) is 0 Å². The molecule has 0 fully saturated rings. The smallest absolute Gasteiger partial charge is 0.306 e. The van der Waals surface area contributed by atoms with Gasteiger partial charge in [0.25, 0.3) is 0 Å². The molecule has 0 aromatic carbocycles. The van der Waals surface area contributed by atoms with Crippen molar-refractivity contribution in [2.45, 2.75) is 343 Å². The first kappa shape index (κ1) is 60.9. The van der Waals surface area contributed by atoms with Gasteiger partial charge < -0.3 is 4.74 Å². The number of carbonyl (C=O) groups is 1. The van der Waals surface area contributed by atoms with Crippen LogP contribution in [0.5, 0.6) is 0 Å². The summed E-state index contributed by atoms with van der Waals surface area (Å²) in [5.41, 5.74) is 0. The maximum atomic E-state index is 12.9. The predicted molar refractivity (Wildman–Crippen MR) is 280 cm³/mol. The van der Waals surface area contributed by atoms with Gasteiger partial charge in [0, 0.05) is 11.8 Å². The highest BCUT2D eigenvalue weighted by molar-refractivity contribution is 9.09. The van der Waals surface area contributed by atoms with E-state index in [2.05, 4.69) is 50.5 Å². The van der Waals surface area contributed by atoms with Crippen molar-refractivity contribution in [1.29, 1.82) is 0 Å². The molecule has 0 heterocycles. The lowest BCUT2D eigenvalue weighted by Crippen LogP contribution is -2.19. The minimum Gasteiger partial charge on any atom is -0.462 e. The van der Waals surface area contributed by atoms with Crippen molar-refractivity contribution in [3.8, 4) is 0 Å². The van der Waals surface area contributed by atoms with E-state index in [0.29, 0.717) is 6.42 Å². The molecule has 0 aromatic heterocycles. The molecule has 0 aliphatic rings. The quantitative estimate of drug-likeness (QED) is 0.0345. The molecular weight excluding hydrogens is 809 g/mol. The molecule has 2 atom stereocenters. The van der Waals surface area contributed by atoms with Gasteiger partial charge in [0.2, 0.25) is 0 Å². The summed E-state index contributed by atoms with van der Waals surface area (Å²) in [5.74, 6) is 2.47. The minimum absolute atomic E-state index is 0.0527. The fourth-order valence-corrected chi connectivity index (χ4v) is 10.1. The maximum Gasteiger partial charge on any atom is 0.306 e. The summed E-state index contributed by atoms with van der Waals surface area (Å²) < 4.78 is 6.21. The molecule has 0 aromatic rings. The Morgan fingerprint density at radius 1 is 0.361 bits per heavy atom. The van der Waals surface area contributed by atoms with Crippen molar-refractivity contribution in [2.24, 2.45) is 17.8 Å². The maximum absolute atomic E-state index is 12.9. The van der Waals surface area contributed by atoms with Crippen LogP contribution >= 0.6 is 15.9 Å². The molecule has 2 nitrogen and oxygen atoms in total. The standard InChI is InChI=1S/C58H115BrO2/c1-6-8-10-12-14-16-18-20-22-24-26-28-30-32-34-37-46-56(47-38-35-33-31-29-27-25-23-21-19-17-15-13-11-9-7-2)48-40-41-49-57(61-58(60)50-39-36-42-53-59)52-51-55(5)45-43-44-54(3)4/h54-57H,6-53H2,1-5H3. The third-order valence-electron chi connectivity index (χ3n) is 14.1. The van der Waals surface area contributed by atoms with Gasteiger partial charge in [-0.05, 0) is 56.3 Å². The molecule has 0 rings (SSSR count). The van der Waals surface area contributed by atoms with E-state index < -0.39 is 0 Å². The van der Waals surface area contributed by atoms with Crippen LogP contribution in [0.2, 0.25) is 0 Å². The van der Waals surface area contributed by atoms with E-state index in [1.807, 2.05) is 0 Å². The van der Waals surface area contributed by atoms with E-state index >= 15 is 0 Å². The third-order valence-corrected chi connectivity index (χ3v) is 14.7. The lowest BCUT2D eigenvalue weighted by molar-refractivity contribution is -0.150. The first-order valence-corrected chi connectivity index (χ1v) is 29.8. The average Bonchev–Trinajstić information content (AvgIpc) is 3.24. The van der Waals surface area contributed by atoms with E-state index in [-0.39, 0.29) is 12.1 Å². The monoisotopic (exact) mass is 923 g/mol. The highest BCUT2D eigenvalue weighted by Gasteiger charge is 2.17. The van der Waals surface area contributed by atoms with Gasteiger partial charge in [-0.2, -0.15) is 0 Å². The van der Waals surface area contributed by atoms with Gasteiger partial charge in [-0.15, -0.1) is 0 Å². The van der Waals surface area contributed by atoms with E-state index in [1.54, 1.807) is 0 Å². The normalized spacial score (nSPS) is 12.9. The summed E-state index contributed by atoms with van der Waals surface area (Å²) in [4.78, 5) is 12.9. The molecule has 0 radical (unpaired) electrons. The van der Waals surface area contributed by atoms with Gasteiger partial charge in [0.1, 0.15) is 6.10 Å². The second-order valence-electron chi connectivity index (χ2n) is 21.0. The number of esters is 1. The molecule has 0 spiro atoms. The zero-order valence-corrected chi connectivity index (χ0v) is 44.5. The summed E-state index contributed by atoms with van der Waals surface area (Å²) in [5, 5.41) is 1.03. The Morgan fingerprint density at radius 3 is 1.08 bits per heavy atom. The zero-order chi connectivity index (χ0) is 44.5. The Balaban J connectivity index is 4.62. The van der Waals surface area contributed by atoms with Crippen molar-refractivity contribution in [2.75, 3.05) is 5.33 Å². The van der Waals surface area contributed by atoms with Crippen LogP contribution < -0.4 is 0 Å². The molecule has 2 unspecified atom stereocenters. The predicted octanol–water partition coefficient (Wildman–Crippen LogP) is 21.6. The lowest BCUT2D eigenvalue weighted by Gasteiger charge is -2.21. The molecule has 0 aliphatic heterocycles. The summed E-state index contributed by atoms with van der Waals surface area (Å²) in [6.45, 7) is 11.7. The number of rotatable bonds is 52. The van der Waals surface area contributed by atoms with E-state index in [0.717, 1.165) is 55.2 Å². The van der Waals surface area contributed by atoms with Gasteiger partial charge in [-0.25, -0.2) is 0 Å². The summed E-state index contributed by atoms with van der Waals surface area (Å²) >= 11 is 3.53. The van der Waals surface area contributed by atoms with Gasteiger partial charge >= 0.3 is 5.97 Å².